The summed E-state index contributed by atoms with van der Waals surface area (Å²) in [4.78, 5) is 4.53. The van der Waals surface area contributed by atoms with Crippen molar-refractivity contribution in [3.63, 3.8) is 0 Å². The molecule has 0 unspecified atom stereocenters. The van der Waals surface area contributed by atoms with Crippen LogP contribution in [-0.4, -0.2) is 38.3 Å². The number of benzene rings is 2. The molecular formula is C22H26N5O4P. The van der Waals surface area contributed by atoms with Crippen molar-refractivity contribution in [2.24, 2.45) is 0 Å². The third kappa shape index (κ3) is 4.65. The summed E-state index contributed by atoms with van der Waals surface area (Å²) >= 11 is 0. The molecule has 0 bridgehead atoms. The Hall–Kier alpha value is -2.87. The molecule has 0 radical (unpaired) electrons. The van der Waals surface area contributed by atoms with Gasteiger partial charge >= 0.3 is 7.60 Å². The Balaban J connectivity index is 1.53. The monoisotopic (exact) mass is 455 g/mol. The molecule has 0 saturated heterocycles. The average Bonchev–Trinajstić information content (AvgIpc) is 3.41. The van der Waals surface area contributed by atoms with Crippen LogP contribution in [0, 0.1) is 0 Å². The van der Waals surface area contributed by atoms with E-state index in [2.05, 4.69) is 34.3 Å². The fourth-order valence-electron chi connectivity index (χ4n) is 3.42. The molecule has 2 heterocycles. The van der Waals surface area contributed by atoms with Gasteiger partial charge in [-0.1, -0.05) is 34.6 Å². The fraction of sp³-hybridized carbons (Fsp3) is 0.364. The predicted octanol–water partition coefficient (Wildman–Crippen LogP) is 5.50. The number of hydrogen-bond acceptors (Lipinski definition) is 8. The topological polar surface area (TPSA) is 105 Å². The summed E-state index contributed by atoms with van der Waals surface area (Å²) < 4.78 is 30.8. The molecular weight excluding hydrogens is 429 g/mol. The van der Waals surface area contributed by atoms with Crippen LogP contribution in [0.3, 0.4) is 0 Å². The van der Waals surface area contributed by atoms with Crippen LogP contribution in [0.5, 0.6) is 0 Å². The molecule has 2 aromatic heterocycles. The highest BCUT2D eigenvalue weighted by Gasteiger charge is 2.24. The Morgan fingerprint density at radius 2 is 1.72 bits per heavy atom. The van der Waals surface area contributed by atoms with E-state index in [1.54, 1.807) is 13.8 Å². The highest BCUT2D eigenvalue weighted by Crippen LogP contribution is 2.51. The minimum Gasteiger partial charge on any atom is -0.334 e. The van der Waals surface area contributed by atoms with Crippen LogP contribution in [0.1, 0.15) is 39.3 Å². The second kappa shape index (κ2) is 9.32. The molecule has 168 valence electrons. The highest BCUT2D eigenvalue weighted by atomic mass is 31.2. The summed E-state index contributed by atoms with van der Waals surface area (Å²) in [6.45, 7) is 8.38. The number of nitrogens with zero attached hydrogens (tertiary/aromatic N) is 5. The molecule has 0 atom stereocenters. The van der Waals surface area contributed by atoms with Gasteiger partial charge < -0.3 is 13.6 Å². The maximum absolute atomic E-state index is 12.7. The molecule has 4 rings (SSSR count). The van der Waals surface area contributed by atoms with Gasteiger partial charge in [0.2, 0.25) is 5.82 Å². The lowest BCUT2D eigenvalue weighted by molar-refractivity contribution is 0.219. The van der Waals surface area contributed by atoms with Gasteiger partial charge in [0.15, 0.2) is 0 Å². The standard InChI is InChI=1S/C22H26N5O4P/c1-5-29-32(28,30-6-2)14-16-7-9-17(10-8-16)21-23-22(31-25-21)18-11-12-20-19(13-18)24-26-27(20)15(3)4/h7-13,15H,5-6,14H2,1-4H3. The summed E-state index contributed by atoms with van der Waals surface area (Å²) in [6, 6.07) is 13.5. The van der Waals surface area contributed by atoms with Crippen LogP contribution in [0.4, 0.5) is 0 Å². The third-order valence-corrected chi connectivity index (χ3v) is 6.93. The van der Waals surface area contributed by atoms with E-state index in [9.17, 15) is 4.57 Å². The summed E-state index contributed by atoms with van der Waals surface area (Å²) in [6.07, 6.45) is 0.212. The zero-order valence-electron chi connectivity index (χ0n) is 18.6. The van der Waals surface area contributed by atoms with Crippen molar-refractivity contribution in [3.05, 3.63) is 48.0 Å². The maximum Gasteiger partial charge on any atom is 0.335 e. The number of hydrogen-bond donors (Lipinski definition) is 0. The number of aromatic nitrogens is 5. The van der Waals surface area contributed by atoms with E-state index in [4.69, 9.17) is 13.6 Å². The van der Waals surface area contributed by atoms with E-state index in [-0.39, 0.29) is 12.2 Å². The Morgan fingerprint density at radius 3 is 2.38 bits per heavy atom. The molecule has 4 aromatic rings. The van der Waals surface area contributed by atoms with Gasteiger partial charge in [0.25, 0.3) is 5.89 Å². The zero-order valence-corrected chi connectivity index (χ0v) is 19.5. The summed E-state index contributed by atoms with van der Waals surface area (Å²) in [5, 5.41) is 12.5. The molecule has 0 spiro atoms. The molecule has 0 N–H and O–H groups in total. The molecule has 0 aliphatic heterocycles. The van der Waals surface area contributed by atoms with Crippen molar-refractivity contribution in [1.82, 2.24) is 25.1 Å². The van der Waals surface area contributed by atoms with Crippen LogP contribution < -0.4 is 0 Å². The Morgan fingerprint density at radius 1 is 1.03 bits per heavy atom. The average molecular weight is 455 g/mol. The van der Waals surface area contributed by atoms with Crippen LogP contribution in [0.25, 0.3) is 33.9 Å². The van der Waals surface area contributed by atoms with Gasteiger partial charge in [-0.05, 0) is 51.5 Å². The van der Waals surface area contributed by atoms with Crippen LogP contribution >= 0.6 is 7.60 Å². The summed E-state index contributed by atoms with van der Waals surface area (Å²) in [7, 11) is -3.15. The number of rotatable bonds is 9. The first-order valence-electron chi connectivity index (χ1n) is 10.6. The lowest BCUT2D eigenvalue weighted by atomic mass is 10.1. The zero-order chi connectivity index (χ0) is 22.7. The highest BCUT2D eigenvalue weighted by molar-refractivity contribution is 7.53. The normalized spacial score (nSPS) is 12.2. The molecule has 0 saturated carbocycles. The number of fused-ring (bicyclic) bond motifs is 1. The first-order chi connectivity index (χ1) is 15.4. The first kappa shape index (κ1) is 22.3. The molecule has 0 amide bonds. The van der Waals surface area contributed by atoms with E-state index in [1.165, 1.54) is 0 Å². The van der Waals surface area contributed by atoms with Crippen molar-refractivity contribution < 1.29 is 18.1 Å². The Labute approximate surface area is 186 Å². The molecule has 9 nitrogen and oxygen atoms in total. The van der Waals surface area contributed by atoms with E-state index in [0.717, 1.165) is 27.7 Å². The van der Waals surface area contributed by atoms with Gasteiger partial charge in [-0.2, -0.15) is 4.98 Å². The van der Waals surface area contributed by atoms with Gasteiger partial charge in [-0.3, -0.25) is 4.57 Å². The first-order valence-corrected chi connectivity index (χ1v) is 12.3. The molecule has 0 fully saturated rings. The van der Waals surface area contributed by atoms with Crippen LogP contribution in [-0.2, 0) is 19.8 Å². The van der Waals surface area contributed by atoms with Gasteiger partial charge in [0, 0.05) is 17.2 Å². The maximum atomic E-state index is 12.7. The molecule has 32 heavy (non-hydrogen) atoms. The molecule has 2 aromatic carbocycles. The Kier molecular flexibility index (Phi) is 6.50. The molecule has 0 aliphatic carbocycles. The Bertz CT molecular complexity index is 1240. The van der Waals surface area contributed by atoms with Gasteiger partial charge in [-0.15, -0.1) is 5.10 Å². The second-order valence-electron chi connectivity index (χ2n) is 7.56. The third-order valence-electron chi connectivity index (χ3n) is 4.87. The van der Waals surface area contributed by atoms with Crippen molar-refractivity contribution in [2.45, 2.75) is 39.9 Å². The quantitative estimate of drug-likeness (QED) is 0.305. The summed E-state index contributed by atoms with van der Waals surface area (Å²) in [5.41, 5.74) is 4.14. The predicted molar refractivity (Wildman–Crippen MR) is 121 cm³/mol. The lowest BCUT2D eigenvalue weighted by Gasteiger charge is -2.16. The molecule has 10 heteroatoms. The van der Waals surface area contributed by atoms with Crippen molar-refractivity contribution >= 4 is 18.6 Å². The fourth-order valence-corrected chi connectivity index (χ4v) is 5.12. The van der Waals surface area contributed by atoms with Crippen molar-refractivity contribution in [1.29, 1.82) is 0 Å². The molecule has 0 aliphatic rings. The minimum absolute atomic E-state index is 0.212. The van der Waals surface area contributed by atoms with Crippen molar-refractivity contribution in [3.8, 4) is 22.8 Å². The SMILES string of the molecule is CCOP(=O)(Cc1ccc(-c2noc(-c3ccc4c(c3)nnn4C(C)C)n2)cc1)OCC. The van der Waals surface area contributed by atoms with E-state index in [0.29, 0.717) is 24.9 Å². The van der Waals surface area contributed by atoms with E-state index in [1.807, 2.05) is 47.1 Å². The summed E-state index contributed by atoms with van der Waals surface area (Å²) in [5.74, 6) is 0.873. The minimum atomic E-state index is -3.15. The second-order valence-corrected chi connectivity index (χ2v) is 9.61. The van der Waals surface area contributed by atoms with Crippen LogP contribution in [0.2, 0.25) is 0 Å². The van der Waals surface area contributed by atoms with Gasteiger partial charge in [0.1, 0.15) is 5.52 Å². The largest absolute Gasteiger partial charge is 0.335 e. The van der Waals surface area contributed by atoms with Gasteiger partial charge in [-0.25, -0.2) is 4.68 Å². The van der Waals surface area contributed by atoms with Gasteiger partial charge in [0.05, 0.1) is 24.9 Å². The van der Waals surface area contributed by atoms with Crippen LogP contribution in [0.15, 0.2) is 47.0 Å². The van der Waals surface area contributed by atoms with E-state index >= 15 is 0 Å². The van der Waals surface area contributed by atoms with E-state index < -0.39 is 7.60 Å². The smallest absolute Gasteiger partial charge is 0.334 e. The van der Waals surface area contributed by atoms with Crippen molar-refractivity contribution in [2.75, 3.05) is 13.2 Å². The lowest BCUT2D eigenvalue weighted by Crippen LogP contribution is -2.02.